The van der Waals surface area contributed by atoms with Crippen LogP contribution >= 0.6 is 0 Å². The van der Waals surface area contributed by atoms with Crippen LogP contribution in [0.15, 0.2) is 29.4 Å². The number of hydrogen-bond donors (Lipinski definition) is 0. The van der Waals surface area contributed by atoms with Gasteiger partial charge in [-0.15, -0.1) is 0 Å². The maximum Gasteiger partial charge on any atom is 0.0542 e. The number of nitrogens with zero attached hydrogens (tertiary/aromatic N) is 2. The second kappa shape index (κ2) is 3.90. The molecule has 0 spiro atoms. The van der Waals surface area contributed by atoms with E-state index in [2.05, 4.69) is 24.2 Å². The Morgan fingerprint density at radius 1 is 1.33 bits per heavy atom. The Morgan fingerprint density at radius 2 is 2.08 bits per heavy atom. The van der Waals surface area contributed by atoms with E-state index in [0.717, 1.165) is 5.56 Å². The molecule has 1 rings (SSSR count). The standard InChI is InChI=1S/C10H14N2/c1-9-5-4-6-10(7-9)8-11-12(2)3/h4-8H,1-3H3/b11-8-. The fourth-order valence-corrected chi connectivity index (χ4v) is 0.933. The zero-order valence-electron chi connectivity index (χ0n) is 7.78. The zero-order valence-corrected chi connectivity index (χ0v) is 7.78. The summed E-state index contributed by atoms with van der Waals surface area (Å²) in [6, 6.07) is 8.26. The van der Waals surface area contributed by atoms with E-state index in [1.54, 1.807) is 5.01 Å². The van der Waals surface area contributed by atoms with Crippen molar-refractivity contribution in [2.45, 2.75) is 6.92 Å². The van der Waals surface area contributed by atoms with Crippen molar-refractivity contribution in [2.75, 3.05) is 14.1 Å². The lowest BCUT2D eigenvalue weighted by Crippen LogP contribution is -2.01. The van der Waals surface area contributed by atoms with Crippen LogP contribution in [0.1, 0.15) is 11.1 Å². The first-order valence-electron chi connectivity index (χ1n) is 3.96. The molecule has 0 saturated carbocycles. The molecule has 12 heavy (non-hydrogen) atoms. The van der Waals surface area contributed by atoms with Gasteiger partial charge in [0.25, 0.3) is 0 Å². The van der Waals surface area contributed by atoms with Crippen LogP contribution < -0.4 is 0 Å². The Kier molecular flexibility index (Phi) is 2.86. The molecule has 0 saturated heterocycles. The highest BCUT2D eigenvalue weighted by molar-refractivity contribution is 5.79. The molecule has 0 unspecified atom stereocenters. The Hall–Kier alpha value is -1.31. The molecule has 1 aromatic rings. The predicted octanol–water partition coefficient (Wildman–Crippen LogP) is 1.89. The minimum Gasteiger partial charge on any atom is -0.303 e. The van der Waals surface area contributed by atoms with Crippen LogP contribution in [-0.2, 0) is 0 Å². The molecule has 0 fully saturated rings. The molecule has 0 aliphatic rings. The lowest BCUT2D eigenvalue weighted by molar-refractivity contribution is 0.440. The normalized spacial score (nSPS) is 10.6. The average Bonchev–Trinajstić information content (AvgIpc) is 2.01. The van der Waals surface area contributed by atoms with Gasteiger partial charge in [0, 0.05) is 14.1 Å². The van der Waals surface area contributed by atoms with Crippen LogP contribution in [0.4, 0.5) is 0 Å². The van der Waals surface area contributed by atoms with E-state index >= 15 is 0 Å². The number of benzene rings is 1. The average molecular weight is 162 g/mol. The van der Waals surface area contributed by atoms with Crippen LogP contribution in [0.2, 0.25) is 0 Å². The van der Waals surface area contributed by atoms with E-state index in [1.165, 1.54) is 5.56 Å². The Balaban J connectivity index is 2.76. The first kappa shape index (κ1) is 8.78. The highest BCUT2D eigenvalue weighted by Gasteiger charge is 1.87. The van der Waals surface area contributed by atoms with Crippen molar-refractivity contribution in [3.05, 3.63) is 35.4 Å². The second-order valence-corrected chi connectivity index (χ2v) is 3.01. The molecule has 0 bridgehead atoms. The van der Waals surface area contributed by atoms with E-state index in [1.807, 2.05) is 32.4 Å². The highest BCUT2D eigenvalue weighted by Crippen LogP contribution is 2.00. The van der Waals surface area contributed by atoms with Crippen molar-refractivity contribution in [3.63, 3.8) is 0 Å². The van der Waals surface area contributed by atoms with Crippen LogP contribution in [0.5, 0.6) is 0 Å². The first-order valence-corrected chi connectivity index (χ1v) is 3.96. The topological polar surface area (TPSA) is 15.6 Å². The minimum absolute atomic E-state index is 1.14. The summed E-state index contributed by atoms with van der Waals surface area (Å²) >= 11 is 0. The Bertz CT molecular complexity index is 277. The van der Waals surface area contributed by atoms with E-state index in [0.29, 0.717) is 0 Å². The lowest BCUT2D eigenvalue weighted by Gasteiger charge is -2.02. The summed E-state index contributed by atoms with van der Waals surface area (Å²) in [6.07, 6.45) is 1.85. The van der Waals surface area contributed by atoms with Gasteiger partial charge in [0.05, 0.1) is 6.21 Å². The number of aryl methyl sites for hydroxylation is 1. The third-order valence-corrected chi connectivity index (χ3v) is 1.48. The minimum atomic E-state index is 1.14. The molecule has 0 radical (unpaired) electrons. The molecule has 0 atom stereocenters. The van der Waals surface area contributed by atoms with Gasteiger partial charge in [-0.05, 0) is 12.5 Å². The molecule has 2 nitrogen and oxygen atoms in total. The molecule has 1 aromatic carbocycles. The molecule has 0 aliphatic carbocycles. The third-order valence-electron chi connectivity index (χ3n) is 1.48. The number of hydrogen-bond acceptors (Lipinski definition) is 2. The molecule has 0 heterocycles. The maximum atomic E-state index is 4.14. The summed E-state index contributed by atoms with van der Waals surface area (Å²) in [6.45, 7) is 2.08. The highest BCUT2D eigenvalue weighted by atomic mass is 15.4. The summed E-state index contributed by atoms with van der Waals surface area (Å²) < 4.78 is 0. The van der Waals surface area contributed by atoms with Gasteiger partial charge in [-0.2, -0.15) is 5.10 Å². The molecule has 64 valence electrons. The molecule has 2 heteroatoms. The predicted molar refractivity (Wildman–Crippen MR) is 52.5 cm³/mol. The summed E-state index contributed by atoms with van der Waals surface area (Å²) in [4.78, 5) is 0. The quantitative estimate of drug-likeness (QED) is 0.479. The van der Waals surface area contributed by atoms with E-state index in [4.69, 9.17) is 0 Å². The van der Waals surface area contributed by atoms with Gasteiger partial charge in [-0.1, -0.05) is 29.8 Å². The van der Waals surface area contributed by atoms with Gasteiger partial charge in [-0.3, -0.25) is 0 Å². The van der Waals surface area contributed by atoms with E-state index in [9.17, 15) is 0 Å². The number of hydrazone groups is 1. The summed E-state index contributed by atoms with van der Waals surface area (Å²) in [5.41, 5.74) is 2.40. The molecular weight excluding hydrogens is 148 g/mol. The van der Waals surface area contributed by atoms with Crippen molar-refractivity contribution in [1.29, 1.82) is 0 Å². The summed E-state index contributed by atoms with van der Waals surface area (Å²) in [5, 5.41) is 5.92. The second-order valence-electron chi connectivity index (χ2n) is 3.01. The first-order chi connectivity index (χ1) is 5.68. The van der Waals surface area contributed by atoms with Crippen LogP contribution in [0, 0.1) is 6.92 Å². The van der Waals surface area contributed by atoms with E-state index < -0.39 is 0 Å². The third kappa shape index (κ3) is 2.74. The molecule has 0 aliphatic heterocycles. The van der Waals surface area contributed by atoms with Crippen LogP contribution in [0.25, 0.3) is 0 Å². The Labute approximate surface area is 73.5 Å². The summed E-state index contributed by atoms with van der Waals surface area (Å²) in [5.74, 6) is 0. The van der Waals surface area contributed by atoms with Gasteiger partial charge in [0.2, 0.25) is 0 Å². The van der Waals surface area contributed by atoms with Crippen molar-refractivity contribution in [2.24, 2.45) is 5.10 Å². The van der Waals surface area contributed by atoms with Crippen molar-refractivity contribution >= 4 is 6.21 Å². The fraction of sp³-hybridized carbons (Fsp3) is 0.300. The van der Waals surface area contributed by atoms with Crippen molar-refractivity contribution in [1.82, 2.24) is 5.01 Å². The smallest absolute Gasteiger partial charge is 0.0542 e. The lowest BCUT2D eigenvalue weighted by atomic mass is 10.2. The van der Waals surface area contributed by atoms with Gasteiger partial charge in [0.1, 0.15) is 0 Å². The van der Waals surface area contributed by atoms with Gasteiger partial charge >= 0.3 is 0 Å². The van der Waals surface area contributed by atoms with Gasteiger partial charge in [-0.25, -0.2) is 0 Å². The van der Waals surface area contributed by atoms with Crippen LogP contribution in [-0.4, -0.2) is 25.3 Å². The molecule has 0 aromatic heterocycles. The van der Waals surface area contributed by atoms with Gasteiger partial charge in [0.15, 0.2) is 0 Å². The number of rotatable bonds is 2. The molecular formula is C10H14N2. The van der Waals surface area contributed by atoms with Crippen molar-refractivity contribution < 1.29 is 0 Å². The Morgan fingerprint density at radius 3 is 2.67 bits per heavy atom. The molecule has 0 amide bonds. The van der Waals surface area contributed by atoms with Crippen molar-refractivity contribution in [3.8, 4) is 0 Å². The largest absolute Gasteiger partial charge is 0.303 e. The fourth-order valence-electron chi connectivity index (χ4n) is 0.933. The van der Waals surface area contributed by atoms with Gasteiger partial charge < -0.3 is 5.01 Å². The van der Waals surface area contributed by atoms with Crippen LogP contribution in [0.3, 0.4) is 0 Å². The van der Waals surface area contributed by atoms with E-state index in [-0.39, 0.29) is 0 Å². The molecule has 0 N–H and O–H groups in total. The zero-order chi connectivity index (χ0) is 8.97. The summed E-state index contributed by atoms with van der Waals surface area (Å²) in [7, 11) is 3.82. The monoisotopic (exact) mass is 162 g/mol. The SMILES string of the molecule is Cc1cccc(/C=N\N(C)C)c1. The maximum absolute atomic E-state index is 4.14.